The number of hydrogen-bond acceptors (Lipinski definition) is 2. The lowest BCUT2D eigenvalue weighted by Crippen LogP contribution is -1.99. The third-order valence-electron chi connectivity index (χ3n) is 0.878. The maximum Gasteiger partial charge on any atom is 0.178 e. The molecular weight excluding hydrogens is 104 g/mol. The van der Waals surface area contributed by atoms with E-state index in [1.165, 1.54) is 4.57 Å². The van der Waals surface area contributed by atoms with Crippen LogP contribution in [0.15, 0.2) is 12.4 Å². The summed E-state index contributed by atoms with van der Waals surface area (Å²) in [6.07, 6.45) is 5.27. The first-order valence-corrected chi connectivity index (χ1v) is 2.39. The molecule has 0 amide bonds. The van der Waals surface area contributed by atoms with Gasteiger partial charge in [0.05, 0.1) is 0 Å². The molecule has 0 aliphatic heterocycles. The Morgan fingerprint density at radius 2 is 2.62 bits per heavy atom. The second-order valence-corrected chi connectivity index (χ2v) is 1.57. The summed E-state index contributed by atoms with van der Waals surface area (Å²) >= 11 is 0. The van der Waals surface area contributed by atoms with E-state index >= 15 is 0 Å². The molecule has 1 unspecified atom stereocenters. The summed E-state index contributed by atoms with van der Waals surface area (Å²) in [5, 5.41) is 8.80. The minimum Gasteiger partial charge on any atom is -0.374 e. The van der Waals surface area contributed by atoms with Gasteiger partial charge >= 0.3 is 0 Å². The Bertz CT molecular complexity index is 145. The zero-order chi connectivity index (χ0) is 5.98. The van der Waals surface area contributed by atoms with Crippen LogP contribution in [0.25, 0.3) is 0 Å². The SMILES string of the molecule is CC(O)n1[c]ncc1. The average Bonchev–Trinajstić information content (AvgIpc) is 2.12. The highest BCUT2D eigenvalue weighted by molar-refractivity contribution is 4.72. The summed E-state index contributed by atoms with van der Waals surface area (Å²) in [7, 11) is 0. The third-order valence-corrected chi connectivity index (χ3v) is 0.878. The van der Waals surface area contributed by atoms with E-state index < -0.39 is 6.23 Å². The number of hydrogen-bond donors (Lipinski definition) is 1. The van der Waals surface area contributed by atoms with Crippen LogP contribution < -0.4 is 0 Å². The van der Waals surface area contributed by atoms with E-state index in [9.17, 15) is 0 Å². The number of aliphatic hydroxyl groups excluding tert-OH is 1. The van der Waals surface area contributed by atoms with E-state index in [0.717, 1.165) is 0 Å². The molecule has 1 N–H and O–H groups in total. The van der Waals surface area contributed by atoms with Crippen LogP contribution in [-0.4, -0.2) is 14.7 Å². The van der Waals surface area contributed by atoms with Crippen molar-refractivity contribution in [3.63, 3.8) is 0 Å². The number of aliphatic hydroxyl groups is 1. The van der Waals surface area contributed by atoms with Crippen LogP contribution in [0.5, 0.6) is 0 Å². The van der Waals surface area contributed by atoms with Gasteiger partial charge in [0.1, 0.15) is 6.23 Å². The largest absolute Gasteiger partial charge is 0.374 e. The second-order valence-electron chi connectivity index (χ2n) is 1.57. The second kappa shape index (κ2) is 1.96. The zero-order valence-corrected chi connectivity index (χ0v) is 4.57. The summed E-state index contributed by atoms with van der Waals surface area (Å²) in [6.45, 7) is 1.65. The molecule has 1 radical (unpaired) electrons. The van der Waals surface area contributed by atoms with Gasteiger partial charge in [-0.2, -0.15) is 0 Å². The third kappa shape index (κ3) is 0.869. The zero-order valence-electron chi connectivity index (χ0n) is 4.57. The number of nitrogens with zero attached hydrogens (tertiary/aromatic N) is 2. The summed E-state index contributed by atoms with van der Waals surface area (Å²) in [4.78, 5) is 3.62. The molecule has 0 bridgehead atoms. The highest BCUT2D eigenvalue weighted by Gasteiger charge is 1.93. The van der Waals surface area contributed by atoms with Gasteiger partial charge in [-0.15, -0.1) is 0 Å². The summed E-state index contributed by atoms with van der Waals surface area (Å²) in [6, 6.07) is 0. The van der Waals surface area contributed by atoms with Gasteiger partial charge in [0, 0.05) is 12.4 Å². The van der Waals surface area contributed by atoms with Crippen molar-refractivity contribution in [3.8, 4) is 0 Å². The minimum atomic E-state index is -0.516. The lowest BCUT2D eigenvalue weighted by Gasteiger charge is -2.00. The van der Waals surface area contributed by atoms with Crippen molar-refractivity contribution in [3.05, 3.63) is 18.7 Å². The maximum absolute atomic E-state index is 8.80. The number of rotatable bonds is 1. The monoisotopic (exact) mass is 111 g/mol. The summed E-state index contributed by atoms with van der Waals surface area (Å²) < 4.78 is 1.49. The molecule has 1 heterocycles. The molecule has 0 aliphatic carbocycles. The van der Waals surface area contributed by atoms with Gasteiger partial charge in [-0.05, 0) is 6.92 Å². The molecule has 3 heteroatoms. The molecule has 3 nitrogen and oxygen atoms in total. The molecule has 8 heavy (non-hydrogen) atoms. The molecule has 0 aromatic carbocycles. The van der Waals surface area contributed by atoms with Crippen molar-refractivity contribution in [1.29, 1.82) is 0 Å². The van der Waals surface area contributed by atoms with Gasteiger partial charge in [-0.25, -0.2) is 4.98 Å². The Labute approximate surface area is 47.6 Å². The molecule has 0 spiro atoms. The van der Waals surface area contributed by atoms with Crippen molar-refractivity contribution in [1.82, 2.24) is 9.55 Å². The van der Waals surface area contributed by atoms with E-state index in [1.807, 2.05) is 0 Å². The standard InChI is InChI=1S/C5H7N2O/c1-5(8)7-3-2-6-4-7/h2-3,5,8H,1H3. The van der Waals surface area contributed by atoms with E-state index in [1.54, 1.807) is 19.3 Å². The Kier molecular flexibility index (Phi) is 1.30. The molecule has 1 rings (SSSR count). The highest BCUT2D eigenvalue weighted by Crippen LogP contribution is 1.95. The molecule has 0 fully saturated rings. The van der Waals surface area contributed by atoms with Crippen molar-refractivity contribution in [2.75, 3.05) is 0 Å². The van der Waals surface area contributed by atoms with E-state index in [4.69, 9.17) is 5.11 Å². The fraction of sp³-hybridized carbons (Fsp3) is 0.400. The van der Waals surface area contributed by atoms with Crippen LogP contribution in [0, 0.1) is 6.33 Å². The van der Waals surface area contributed by atoms with Crippen molar-refractivity contribution >= 4 is 0 Å². The lowest BCUT2D eigenvalue weighted by atomic mass is 10.6. The fourth-order valence-electron chi connectivity index (χ4n) is 0.447. The van der Waals surface area contributed by atoms with E-state index in [2.05, 4.69) is 11.3 Å². The Balaban J connectivity index is 2.77. The topological polar surface area (TPSA) is 38.0 Å². The van der Waals surface area contributed by atoms with Crippen LogP contribution in [0.3, 0.4) is 0 Å². The molecule has 1 aromatic rings. The van der Waals surface area contributed by atoms with Gasteiger partial charge in [0.2, 0.25) is 0 Å². The first-order valence-electron chi connectivity index (χ1n) is 2.39. The Hall–Kier alpha value is -0.830. The fourth-order valence-corrected chi connectivity index (χ4v) is 0.447. The predicted octanol–water partition coefficient (Wildman–Crippen LogP) is 0.194. The lowest BCUT2D eigenvalue weighted by molar-refractivity contribution is 0.123. The van der Waals surface area contributed by atoms with Crippen LogP contribution in [0.4, 0.5) is 0 Å². The predicted molar refractivity (Wildman–Crippen MR) is 28.0 cm³/mol. The summed E-state index contributed by atoms with van der Waals surface area (Å²) in [5.74, 6) is 0. The van der Waals surface area contributed by atoms with Gasteiger partial charge in [0.15, 0.2) is 6.33 Å². The van der Waals surface area contributed by atoms with Crippen molar-refractivity contribution in [2.24, 2.45) is 0 Å². The van der Waals surface area contributed by atoms with Gasteiger partial charge in [-0.1, -0.05) is 0 Å². The van der Waals surface area contributed by atoms with Crippen molar-refractivity contribution in [2.45, 2.75) is 13.2 Å². The van der Waals surface area contributed by atoms with Crippen LogP contribution in [0.2, 0.25) is 0 Å². The molecule has 1 aromatic heterocycles. The van der Waals surface area contributed by atoms with E-state index in [-0.39, 0.29) is 0 Å². The minimum absolute atomic E-state index is 0.516. The number of imidazole rings is 1. The first-order chi connectivity index (χ1) is 3.80. The van der Waals surface area contributed by atoms with E-state index in [0.29, 0.717) is 0 Å². The molecule has 0 saturated heterocycles. The smallest absolute Gasteiger partial charge is 0.178 e. The highest BCUT2D eigenvalue weighted by atomic mass is 16.3. The first kappa shape index (κ1) is 5.31. The molecule has 43 valence electrons. The molecular formula is C5H7N2O. The summed E-state index contributed by atoms with van der Waals surface area (Å²) in [5.41, 5.74) is 0. The quantitative estimate of drug-likeness (QED) is 0.562. The molecule has 0 aliphatic rings. The number of aromatic nitrogens is 2. The van der Waals surface area contributed by atoms with Crippen LogP contribution in [-0.2, 0) is 0 Å². The van der Waals surface area contributed by atoms with Gasteiger partial charge in [0.25, 0.3) is 0 Å². The normalized spacial score (nSPS) is 13.8. The average molecular weight is 111 g/mol. The Morgan fingerprint density at radius 3 is 2.88 bits per heavy atom. The van der Waals surface area contributed by atoms with Crippen molar-refractivity contribution < 1.29 is 5.11 Å². The van der Waals surface area contributed by atoms with Crippen LogP contribution >= 0.6 is 0 Å². The molecule has 1 atom stereocenters. The van der Waals surface area contributed by atoms with Crippen LogP contribution in [0.1, 0.15) is 13.2 Å². The van der Waals surface area contributed by atoms with Gasteiger partial charge in [-0.3, -0.25) is 0 Å². The van der Waals surface area contributed by atoms with Gasteiger partial charge < -0.3 is 9.67 Å². The Morgan fingerprint density at radius 1 is 1.88 bits per heavy atom. The molecule has 0 saturated carbocycles. The maximum atomic E-state index is 8.80.